The number of rotatable bonds is 3. The number of aromatic hydroxyl groups is 1. The third kappa shape index (κ3) is 2.93. The van der Waals surface area contributed by atoms with Gasteiger partial charge in [0.25, 0.3) is 0 Å². The summed E-state index contributed by atoms with van der Waals surface area (Å²) in [4.78, 5) is 0. The SMILES string of the molecule is Cc1cc(NC2CCCC2C2CCCCN2)ccc1O. The van der Waals surface area contributed by atoms with E-state index in [2.05, 4.69) is 16.7 Å². The van der Waals surface area contributed by atoms with Crippen LogP contribution in [0.4, 0.5) is 5.69 Å². The van der Waals surface area contributed by atoms with Crippen molar-refractivity contribution in [2.45, 2.75) is 57.5 Å². The molecule has 2 fully saturated rings. The summed E-state index contributed by atoms with van der Waals surface area (Å²) in [5, 5.41) is 17.0. The maximum absolute atomic E-state index is 9.62. The molecule has 0 bridgehead atoms. The number of hydrogen-bond acceptors (Lipinski definition) is 3. The molecule has 1 saturated carbocycles. The first-order valence-corrected chi connectivity index (χ1v) is 8.03. The predicted octanol–water partition coefficient (Wildman–Crippen LogP) is 3.42. The van der Waals surface area contributed by atoms with Crippen LogP contribution in [0.1, 0.15) is 44.1 Å². The maximum atomic E-state index is 9.62. The molecule has 0 amide bonds. The van der Waals surface area contributed by atoms with E-state index in [1.54, 1.807) is 6.07 Å². The van der Waals surface area contributed by atoms with Gasteiger partial charge in [0.1, 0.15) is 5.75 Å². The Kier molecular flexibility index (Phi) is 4.16. The van der Waals surface area contributed by atoms with Gasteiger partial charge in [-0.1, -0.05) is 12.8 Å². The second-order valence-corrected chi connectivity index (χ2v) is 6.40. The first-order chi connectivity index (χ1) is 9.74. The van der Waals surface area contributed by atoms with E-state index in [1.807, 2.05) is 13.0 Å². The summed E-state index contributed by atoms with van der Waals surface area (Å²) in [6, 6.07) is 7.11. The quantitative estimate of drug-likeness (QED) is 0.740. The van der Waals surface area contributed by atoms with Crippen LogP contribution in [0.25, 0.3) is 0 Å². The fourth-order valence-electron chi connectivity index (χ4n) is 3.85. The van der Waals surface area contributed by atoms with Crippen LogP contribution >= 0.6 is 0 Å². The molecule has 3 rings (SSSR count). The Morgan fingerprint density at radius 1 is 1.15 bits per heavy atom. The van der Waals surface area contributed by atoms with E-state index in [-0.39, 0.29) is 0 Å². The first kappa shape index (κ1) is 13.7. The molecule has 0 spiro atoms. The van der Waals surface area contributed by atoms with Gasteiger partial charge in [-0.25, -0.2) is 0 Å². The molecule has 3 unspecified atom stereocenters. The highest BCUT2D eigenvalue weighted by Gasteiger charge is 2.34. The molecule has 3 atom stereocenters. The summed E-state index contributed by atoms with van der Waals surface area (Å²) in [7, 11) is 0. The molecule has 0 radical (unpaired) electrons. The molecular formula is C17H26N2O. The largest absolute Gasteiger partial charge is 0.508 e. The molecule has 1 aliphatic carbocycles. The standard InChI is InChI=1S/C17H26N2O/c1-12-11-13(8-9-17(12)20)19-16-7-4-5-14(16)15-6-2-3-10-18-15/h8-9,11,14-16,18-20H,2-7,10H2,1H3. The van der Waals surface area contributed by atoms with Crippen LogP contribution in [0.15, 0.2) is 18.2 Å². The summed E-state index contributed by atoms with van der Waals surface area (Å²) < 4.78 is 0. The average Bonchev–Trinajstić information content (AvgIpc) is 2.92. The Morgan fingerprint density at radius 3 is 2.80 bits per heavy atom. The van der Waals surface area contributed by atoms with Crippen molar-refractivity contribution in [3.63, 3.8) is 0 Å². The van der Waals surface area contributed by atoms with Crippen LogP contribution < -0.4 is 10.6 Å². The molecule has 2 aliphatic rings. The second-order valence-electron chi connectivity index (χ2n) is 6.40. The molecule has 1 saturated heterocycles. The zero-order valence-electron chi connectivity index (χ0n) is 12.4. The van der Waals surface area contributed by atoms with Gasteiger partial charge in [-0.2, -0.15) is 0 Å². The van der Waals surface area contributed by atoms with Crippen LogP contribution in [-0.4, -0.2) is 23.7 Å². The molecule has 20 heavy (non-hydrogen) atoms. The highest BCUT2D eigenvalue weighted by atomic mass is 16.3. The number of aryl methyl sites for hydroxylation is 1. The van der Waals surface area contributed by atoms with E-state index in [4.69, 9.17) is 0 Å². The lowest BCUT2D eigenvalue weighted by molar-refractivity contribution is 0.286. The lowest BCUT2D eigenvalue weighted by Crippen LogP contribution is -2.44. The van der Waals surface area contributed by atoms with Gasteiger partial charge in [0, 0.05) is 17.8 Å². The molecule has 1 aromatic carbocycles. The van der Waals surface area contributed by atoms with Crippen molar-refractivity contribution in [2.24, 2.45) is 5.92 Å². The van der Waals surface area contributed by atoms with E-state index in [0.717, 1.165) is 17.2 Å². The number of anilines is 1. The minimum Gasteiger partial charge on any atom is -0.508 e. The first-order valence-electron chi connectivity index (χ1n) is 8.03. The van der Waals surface area contributed by atoms with Gasteiger partial charge in [-0.15, -0.1) is 0 Å². The fourth-order valence-corrected chi connectivity index (χ4v) is 3.85. The summed E-state index contributed by atoms with van der Waals surface area (Å²) in [5.74, 6) is 1.14. The van der Waals surface area contributed by atoms with E-state index >= 15 is 0 Å². The van der Waals surface area contributed by atoms with Crippen LogP contribution in [-0.2, 0) is 0 Å². The van der Waals surface area contributed by atoms with E-state index in [0.29, 0.717) is 17.8 Å². The van der Waals surface area contributed by atoms with Crippen molar-refractivity contribution in [1.29, 1.82) is 0 Å². The molecule has 110 valence electrons. The summed E-state index contributed by atoms with van der Waals surface area (Å²) in [6.07, 6.45) is 7.97. The zero-order chi connectivity index (χ0) is 13.9. The van der Waals surface area contributed by atoms with Crippen molar-refractivity contribution < 1.29 is 5.11 Å². The van der Waals surface area contributed by atoms with Gasteiger partial charge < -0.3 is 15.7 Å². The molecule has 1 aromatic rings. The van der Waals surface area contributed by atoms with Crippen molar-refractivity contribution in [3.05, 3.63) is 23.8 Å². The fraction of sp³-hybridized carbons (Fsp3) is 0.647. The van der Waals surface area contributed by atoms with Crippen LogP contribution in [0.2, 0.25) is 0 Å². The van der Waals surface area contributed by atoms with Crippen LogP contribution in [0.5, 0.6) is 5.75 Å². The number of benzene rings is 1. The zero-order valence-corrected chi connectivity index (χ0v) is 12.4. The van der Waals surface area contributed by atoms with Crippen LogP contribution in [0, 0.1) is 12.8 Å². The Balaban J connectivity index is 1.67. The summed E-state index contributed by atoms with van der Waals surface area (Å²) in [6.45, 7) is 3.14. The van der Waals surface area contributed by atoms with Crippen molar-refractivity contribution in [3.8, 4) is 5.75 Å². The highest BCUT2D eigenvalue weighted by molar-refractivity contribution is 5.51. The van der Waals surface area contributed by atoms with E-state index < -0.39 is 0 Å². The Hall–Kier alpha value is -1.22. The number of phenols is 1. The highest BCUT2D eigenvalue weighted by Crippen LogP contribution is 2.34. The van der Waals surface area contributed by atoms with Gasteiger partial charge in [0.15, 0.2) is 0 Å². The van der Waals surface area contributed by atoms with E-state index in [9.17, 15) is 5.11 Å². The number of piperidine rings is 1. The molecular weight excluding hydrogens is 248 g/mol. The van der Waals surface area contributed by atoms with Crippen molar-refractivity contribution in [2.75, 3.05) is 11.9 Å². The summed E-state index contributed by atoms with van der Waals surface area (Å²) in [5.41, 5.74) is 2.09. The number of nitrogens with one attached hydrogen (secondary N) is 2. The third-order valence-electron chi connectivity index (χ3n) is 4.98. The average molecular weight is 274 g/mol. The minimum absolute atomic E-state index is 0.382. The smallest absolute Gasteiger partial charge is 0.118 e. The number of hydrogen-bond donors (Lipinski definition) is 3. The monoisotopic (exact) mass is 274 g/mol. The second kappa shape index (κ2) is 6.04. The van der Waals surface area contributed by atoms with Gasteiger partial charge in [-0.3, -0.25) is 0 Å². The Bertz CT molecular complexity index is 454. The van der Waals surface area contributed by atoms with Crippen LogP contribution in [0.3, 0.4) is 0 Å². The predicted molar refractivity (Wildman–Crippen MR) is 83.2 cm³/mol. The van der Waals surface area contributed by atoms with Crippen molar-refractivity contribution in [1.82, 2.24) is 5.32 Å². The Morgan fingerprint density at radius 2 is 2.05 bits per heavy atom. The lowest BCUT2D eigenvalue weighted by Gasteiger charge is -2.33. The van der Waals surface area contributed by atoms with Gasteiger partial charge in [-0.05, 0) is 68.8 Å². The topological polar surface area (TPSA) is 44.3 Å². The molecule has 1 heterocycles. The lowest BCUT2D eigenvalue weighted by atomic mass is 9.88. The maximum Gasteiger partial charge on any atom is 0.118 e. The summed E-state index contributed by atoms with van der Waals surface area (Å²) >= 11 is 0. The molecule has 3 heteroatoms. The van der Waals surface area contributed by atoms with Gasteiger partial charge in [0.05, 0.1) is 0 Å². The molecule has 3 N–H and O–H groups in total. The normalized spacial score (nSPS) is 30.4. The number of phenolic OH excluding ortho intramolecular Hbond substituents is 1. The molecule has 3 nitrogen and oxygen atoms in total. The third-order valence-corrected chi connectivity index (χ3v) is 4.98. The molecule has 0 aromatic heterocycles. The Labute approximate surface area is 121 Å². The van der Waals surface area contributed by atoms with E-state index in [1.165, 1.54) is 45.1 Å². The molecule has 1 aliphatic heterocycles. The van der Waals surface area contributed by atoms with Gasteiger partial charge >= 0.3 is 0 Å². The van der Waals surface area contributed by atoms with Crippen molar-refractivity contribution >= 4 is 5.69 Å². The minimum atomic E-state index is 0.382. The van der Waals surface area contributed by atoms with Gasteiger partial charge in [0.2, 0.25) is 0 Å².